The van der Waals surface area contributed by atoms with Gasteiger partial charge in [0.15, 0.2) is 0 Å². The fourth-order valence-corrected chi connectivity index (χ4v) is 1.96. The maximum absolute atomic E-state index is 12.1. The highest BCUT2D eigenvalue weighted by Crippen LogP contribution is 2.20. The Labute approximate surface area is 114 Å². The van der Waals surface area contributed by atoms with Gasteiger partial charge < -0.3 is 9.94 Å². The zero-order valence-electron chi connectivity index (χ0n) is 10.6. The van der Waals surface area contributed by atoms with Crippen molar-refractivity contribution in [3.05, 3.63) is 53.6 Å². The summed E-state index contributed by atoms with van der Waals surface area (Å²) in [4.78, 5) is 18.3. The van der Waals surface area contributed by atoms with Gasteiger partial charge in [-0.15, -0.1) is 5.10 Å². The van der Waals surface area contributed by atoms with Crippen LogP contribution in [0.15, 0.2) is 42.5 Å². The Morgan fingerprint density at radius 1 is 1.20 bits per heavy atom. The van der Waals surface area contributed by atoms with Crippen molar-refractivity contribution in [2.45, 2.75) is 6.92 Å². The summed E-state index contributed by atoms with van der Waals surface area (Å²) in [6.07, 6.45) is 0. The first kappa shape index (κ1) is 12.2. The van der Waals surface area contributed by atoms with E-state index in [0.29, 0.717) is 16.6 Å². The van der Waals surface area contributed by atoms with Crippen molar-refractivity contribution in [3.63, 3.8) is 0 Å². The van der Waals surface area contributed by atoms with Crippen LogP contribution in [0.5, 0.6) is 5.75 Å². The number of aromatic nitrogens is 3. The number of para-hydroxylation sites is 1. The zero-order chi connectivity index (χ0) is 14.1. The van der Waals surface area contributed by atoms with Crippen molar-refractivity contribution in [1.82, 2.24) is 15.2 Å². The van der Waals surface area contributed by atoms with Gasteiger partial charge in [0.05, 0.1) is 0 Å². The molecule has 0 saturated carbocycles. The Bertz CT molecular complexity index is 775. The van der Waals surface area contributed by atoms with Crippen molar-refractivity contribution in [3.8, 4) is 5.75 Å². The van der Waals surface area contributed by atoms with E-state index in [-0.39, 0.29) is 11.3 Å². The van der Waals surface area contributed by atoms with E-state index >= 15 is 0 Å². The molecule has 6 heteroatoms. The van der Waals surface area contributed by atoms with E-state index < -0.39 is 5.97 Å². The van der Waals surface area contributed by atoms with E-state index in [2.05, 4.69) is 10.3 Å². The number of aromatic hydroxyl groups is 1. The average Bonchev–Trinajstić information content (AvgIpc) is 2.82. The molecule has 3 aromatic rings. The summed E-state index contributed by atoms with van der Waals surface area (Å²) in [5, 5.41) is 17.4. The van der Waals surface area contributed by atoms with Crippen LogP contribution in [0.3, 0.4) is 0 Å². The minimum absolute atomic E-state index is 0.118. The Balaban J connectivity index is 1.97. The number of carbonyl (C=O) groups excluding carboxylic acids is 1. The van der Waals surface area contributed by atoms with Crippen LogP contribution in [0.1, 0.15) is 15.9 Å². The summed E-state index contributed by atoms with van der Waals surface area (Å²) in [5.74, 6) is -0.810. The van der Waals surface area contributed by atoms with E-state index in [1.54, 1.807) is 37.3 Å². The van der Waals surface area contributed by atoms with Crippen LogP contribution in [0, 0.1) is 6.92 Å². The molecule has 0 aliphatic heterocycles. The predicted octanol–water partition coefficient (Wildman–Crippen LogP) is 1.71. The van der Waals surface area contributed by atoms with E-state index in [0.717, 1.165) is 4.85 Å². The first-order valence-corrected chi connectivity index (χ1v) is 5.98. The van der Waals surface area contributed by atoms with Crippen molar-refractivity contribution in [2.24, 2.45) is 0 Å². The van der Waals surface area contributed by atoms with Gasteiger partial charge in [0.2, 0.25) is 0 Å². The highest BCUT2D eigenvalue weighted by Gasteiger charge is 2.18. The monoisotopic (exact) mass is 269 g/mol. The molecule has 0 spiro atoms. The number of benzene rings is 2. The summed E-state index contributed by atoms with van der Waals surface area (Å²) >= 11 is 0. The molecule has 100 valence electrons. The maximum atomic E-state index is 12.1. The third kappa shape index (κ3) is 1.97. The van der Waals surface area contributed by atoms with Gasteiger partial charge in [-0.05, 0) is 35.9 Å². The molecule has 0 bridgehead atoms. The Morgan fingerprint density at radius 3 is 2.80 bits per heavy atom. The van der Waals surface area contributed by atoms with Gasteiger partial charge in [-0.25, -0.2) is 4.79 Å². The average molecular weight is 269 g/mol. The highest BCUT2D eigenvalue weighted by molar-refractivity contribution is 5.94. The van der Waals surface area contributed by atoms with Gasteiger partial charge in [-0.2, -0.15) is 0 Å². The van der Waals surface area contributed by atoms with Crippen LogP contribution in [-0.4, -0.2) is 26.2 Å². The van der Waals surface area contributed by atoms with Gasteiger partial charge >= 0.3 is 5.97 Å². The number of carbonyl (C=O) groups is 1. The summed E-state index contributed by atoms with van der Waals surface area (Å²) in [6.45, 7) is 1.72. The van der Waals surface area contributed by atoms with Crippen molar-refractivity contribution < 1.29 is 14.7 Å². The van der Waals surface area contributed by atoms with E-state index in [4.69, 9.17) is 4.84 Å². The molecular weight excluding hydrogens is 258 g/mol. The number of nitrogens with zero attached hydrogens (tertiary/aromatic N) is 3. The number of hydrogen-bond acceptors (Lipinski definition) is 5. The SMILES string of the molecule is Cc1cccc(O)c1C(=O)On1nnc2ccccc21. The number of phenols is 1. The molecule has 1 aromatic heterocycles. The second kappa shape index (κ2) is 4.65. The molecule has 6 nitrogen and oxygen atoms in total. The van der Waals surface area contributed by atoms with Crippen LogP contribution in [-0.2, 0) is 0 Å². The minimum atomic E-state index is -0.684. The minimum Gasteiger partial charge on any atom is -0.507 e. The fraction of sp³-hybridized carbons (Fsp3) is 0.0714. The second-order valence-corrected chi connectivity index (χ2v) is 4.30. The highest BCUT2D eigenvalue weighted by atomic mass is 16.7. The lowest BCUT2D eigenvalue weighted by Gasteiger charge is -2.07. The van der Waals surface area contributed by atoms with Crippen molar-refractivity contribution >= 4 is 17.0 Å². The second-order valence-electron chi connectivity index (χ2n) is 4.30. The molecule has 0 aliphatic rings. The van der Waals surface area contributed by atoms with E-state index in [1.807, 2.05) is 6.07 Å². The first-order chi connectivity index (χ1) is 9.66. The lowest BCUT2D eigenvalue weighted by atomic mass is 10.1. The summed E-state index contributed by atoms with van der Waals surface area (Å²) in [7, 11) is 0. The molecular formula is C14H11N3O3. The van der Waals surface area contributed by atoms with E-state index in [1.165, 1.54) is 6.07 Å². The van der Waals surface area contributed by atoms with Crippen LogP contribution < -0.4 is 4.84 Å². The third-order valence-electron chi connectivity index (χ3n) is 2.95. The molecule has 0 fully saturated rings. The Morgan fingerprint density at radius 2 is 2.00 bits per heavy atom. The molecule has 20 heavy (non-hydrogen) atoms. The smallest absolute Gasteiger partial charge is 0.369 e. The van der Waals surface area contributed by atoms with Crippen molar-refractivity contribution in [2.75, 3.05) is 0 Å². The van der Waals surface area contributed by atoms with E-state index in [9.17, 15) is 9.90 Å². The molecule has 2 aromatic carbocycles. The van der Waals surface area contributed by atoms with Crippen LogP contribution >= 0.6 is 0 Å². The maximum Gasteiger partial charge on any atom is 0.369 e. The fourth-order valence-electron chi connectivity index (χ4n) is 1.96. The lowest BCUT2D eigenvalue weighted by Crippen LogP contribution is -2.21. The molecule has 1 N–H and O–H groups in total. The summed E-state index contributed by atoms with van der Waals surface area (Å²) in [6, 6.07) is 11.9. The van der Waals surface area contributed by atoms with Gasteiger partial charge in [-0.3, -0.25) is 0 Å². The zero-order valence-corrected chi connectivity index (χ0v) is 10.6. The molecule has 0 unspecified atom stereocenters. The van der Waals surface area contributed by atoms with Crippen LogP contribution in [0.4, 0.5) is 0 Å². The Kier molecular flexibility index (Phi) is 2.83. The largest absolute Gasteiger partial charge is 0.507 e. The van der Waals surface area contributed by atoms with Crippen molar-refractivity contribution in [1.29, 1.82) is 0 Å². The van der Waals surface area contributed by atoms with Gasteiger partial charge in [-0.1, -0.05) is 29.1 Å². The molecule has 0 amide bonds. The number of rotatable bonds is 2. The molecule has 3 rings (SSSR count). The van der Waals surface area contributed by atoms with Crippen LogP contribution in [0.2, 0.25) is 0 Å². The quantitative estimate of drug-likeness (QED) is 0.717. The normalized spacial score (nSPS) is 10.7. The van der Waals surface area contributed by atoms with Gasteiger partial charge in [0.1, 0.15) is 22.3 Å². The predicted molar refractivity (Wildman–Crippen MR) is 71.3 cm³/mol. The third-order valence-corrected chi connectivity index (χ3v) is 2.95. The lowest BCUT2D eigenvalue weighted by molar-refractivity contribution is 0.0404. The Hall–Kier alpha value is -2.89. The summed E-state index contributed by atoms with van der Waals surface area (Å²) < 4.78 is 0. The molecule has 0 atom stereocenters. The number of phenolic OH excluding ortho intramolecular Hbond substituents is 1. The summed E-state index contributed by atoms with van der Waals surface area (Å²) in [5.41, 5.74) is 1.94. The van der Waals surface area contributed by atoms with Crippen LogP contribution in [0.25, 0.3) is 11.0 Å². The number of hydrogen-bond donors (Lipinski definition) is 1. The molecule has 0 aliphatic carbocycles. The molecule has 0 radical (unpaired) electrons. The topological polar surface area (TPSA) is 77.2 Å². The molecule has 1 heterocycles. The first-order valence-electron chi connectivity index (χ1n) is 5.98. The standard InChI is InChI=1S/C14H11N3O3/c1-9-5-4-8-12(18)13(9)14(19)20-17-11-7-3-2-6-10(11)15-16-17/h2-8,18H,1H3. The number of fused-ring (bicyclic) bond motifs is 1. The molecule has 0 saturated heterocycles. The number of aryl methyl sites for hydroxylation is 1. The van der Waals surface area contributed by atoms with Gasteiger partial charge in [0, 0.05) is 0 Å². The van der Waals surface area contributed by atoms with Gasteiger partial charge in [0.25, 0.3) is 0 Å².